The van der Waals surface area contributed by atoms with Crippen molar-refractivity contribution < 1.29 is 4.79 Å². The molecule has 138 valence electrons. The quantitative estimate of drug-likeness (QED) is 0.829. The number of rotatable bonds is 5. The Kier molecular flexibility index (Phi) is 6.30. The standard InChI is InChI=1S/C17H23N5O.2ClH/c1-10(2)22-16-14(9-20-22)13(5-15(21-16)12-3-4-12)17(23)19-8-11-6-18-7-11;;/h5,9-12,18H,3-4,6-8H2,1-2H3,(H,19,23);2*1H. The van der Waals surface area contributed by atoms with Gasteiger partial charge >= 0.3 is 0 Å². The molecule has 1 saturated heterocycles. The Morgan fingerprint density at radius 1 is 1.36 bits per heavy atom. The van der Waals surface area contributed by atoms with E-state index in [-0.39, 0.29) is 36.8 Å². The van der Waals surface area contributed by atoms with Crippen molar-refractivity contribution in [1.29, 1.82) is 0 Å². The van der Waals surface area contributed by atoms with Gasteiger partial charge in [-0.25, -0.2) is 9.67 Å². The lowest BCUT2D eigenvalue weighted by Gasteiger charge is -2.27. The normalized spacial score (nSPS) is 16.9. The summed E-state index contributed by atoms with van der Waals surface area (Å²) < 4.78 is 1.91. The van der Waals surface area contributed by atoms with Gasteiger partial charge in [0.2, 0.25) is 0 Å². The lowest BCUT2D eigenvalue weighted by Crippen LogP contribution is -2.48. The minimum absolute atomic E-state index is 0. The SMILES string of the molecule is CC(C)n1ncc2c(C(=O)NCC3CNC3)cc(C3CC3)nc21.Cl.Cl. The molecule has 1 saturated carbocycles. The van der Waals surface area contributed by atoms with Crippen LogP contribution in [0.25, 0.3) is 11.0 Å². The minimum atomic E-state index is -0.00509. The Balaban J connectivity index is 0.00000113. The van der Waals surface area contributed by atoms with E-state index in [0.717, 1.165) is 41.9 Å². The average molecular weight is 386 g/mol. The van der Waals surface area contributed by atoms with Gasteiger partial charge < -0.3 is 10.6 Å². The summed E-state index contributed by atoms with van der Waals surface area (Å²) in [5.74, 6) is 1.06. The fourth-order valence-electron chi connectivity index (χ4n) is 3.02. The summed E-state index contributed by atoms with van der Waals surface area (Å²) in [6, 6.07) is 2.20. The number of aromatic nitrogens is 3. The largest absolute Gasteiger partial charge is 0.352 e. The summed E-state index contributed by atoms with van der Waals surface area (Å²) in [5, 5.41) is 11.6. The van der Waals surface area contributed by atoms with Gasteiger partial charge in [-0.15, -0.1) is 24.8 Å². The van der Waals surface area contributed by atoms with Gasteiger partial charge in [0, 0.05) is 43.2 Å². The minimum Gasteiger partial charge on any atom is -0.352 e. The van der Waals surface area contributed by atoms with E-state index in [1.165, 1.54) is 12.8 Å². The molecule has 1 aliphatic heterocycles. The van der Waals surface area contributed by atoms with Gasteiger partial charge in [-0.1, -0.05) is 0 Å². The van der Waals surface area contributed by atoms with E-state index in [2.05, 4.69) is 29.6 Å². The summed E-state index contributed by atoms with van der Waals surface area (Å²) in [6.45, 7) is 6.88. The molecule has 1 amide bonds. The van der Waals surface area contributed by atoms with Crippen LogP contribution in [0.2, 0.25) is 0 Å². The van der Waals surface area contributed by atoms with Gasteiger partial charge in [0.25, 0.3) is 5.91 Å². The zero-order valence-electron chi connectivity index (χ0n) is 14.5. The predicted molar refractivity (Wildman–Crippen MR) is 103 cm³/mol. The number of fused-ring (bicyclic) bond motifs is 1. The van der Waals surface area contributed by atoms with E-state index in [4.69, 9.17) is 4.98 Å². The topological polar surface area (TPSA) is 71.8 Å². The van der Waals surface area contributed by atoms with Crippen LogP contribution in [0.3, 0.4) is 0 Å². The fraction of sp³-hybridized carbons (Fsp3) is 0.588. The Hall–Kier alpha value is -1.37. The molecular formula is C17H25Cl2N5O. The molecule has 3 heterocycles. The van der Waals surface area contributed by atoms with Crippen molar-refractivity contribution in [2.45, 2.75) is 38.6 Å². The fourth-order valence-corrected chi connectivity index (χ4v) is 3.02. The van der Waals surface area contributed by atoms with Crippen LogP contribution in [0.1, 0.15) is 54.7 Å². The maximum Gasteiger partial charge on any atom is 0.252 e. The predicted octanol–water partition coefficient (Wildman–Crippen LogP) is 2.68. The molecule has 25 heavy (non-hydrogen) atoms. The molecular weight excluding hydrogens is 361 g/mol. The first kappa shape index (κ1) is 19.9. The third-order valence-corrected chi connectivity index (χ3v) is 4.73. The number of halogens is 2. The summed E-state index contributed by atoms with van der Waals surface area (Å²) >= 11 is 0. The summed E-state index contributed by atoms with van der Waals surface area (Å²) in [4.78, 5) is 17.5. The Morgan fingerprint density at radius 2 is 2.08 bits per heavy atom. The molecule has 1 aliphatic carbocycles. The van der Waals surface area contributed by atoms with E-state index in [1.807, 2.05) is 10.7 Å². The van der Waals surface area contributed by atoms with Crippen LogP contribution < -0.4 is 10.6 Å². The zero-order chi connectivity index (χ0) is 16.0. The molecule has 0 bridgehead atoms. The molecule has 2 N–H and O–H groups in total. The first-order valence-electron chi connectivity index (χ1n) is 8.50. The molecule has 6 nitrogen and oxygen atoms in total. The maximum absolute atomic E-state index is 12.7. The average Bonchev–Trinajstić information content (AvgIpc) is 3.23. The first-order valence-corrected chi connectivity index (χ1v) is 8.50. The Bertz CT molecular complexity index is 753. The van der Waals surface area contributed by atoms with Crippen LogP contribution in [0.15, 0.2) is 12.3 Å². The Labute approximate surface area is 160 Å². The smallest absolute Gasteiger partial charge is 0.252 e. The van der Waals surface area contributed by atoms with E-state index in [9.17, 15) is 4.79 Å². The van der Waals surface area contributed by atoms with Crippen molar-refractivity contribution >= 4 is 41.8 Å². The lowest BCUT2D eigenvalue weighted by molar-refractivity contribution is 0.0943. The van der Waals surface area contributed by atoms with Gasteiger partial charge in [0.1, 0.15) is 0 Å². The third kappa shape index (κ3) is 3.91. The van der Waals surface area contributed by atoms with Gasteiger partial charge in [0.15, 0.2) is 5.65 Å². The molecule has 2 fully saturated rings. The highest BCUT2D eigenvalue weighted by Crippen LogP contribution is 2.40. The number of carbonyl (C=O) groups excluding carboxylic acids is 1. The molecule has 2 aromatic rings. The number of nitrogens with one attached hydrogen (secondary N) is 2. The van der Waals surface area contributed by atoms with Crippen molar-refractivity contribution in [2.24, 2.45) is 5.92 Å². The molecule has 0 radical (unpaired) electrons. The number of pyridine rings is 1. The van der Waals surface area contributed by atoms with Crippen molar-refractivity contribution in [1.82, 2.24) is 25.4 Å². The molecule has 0 atom stereocenters. The molecule has 4 rings (SSSR count). The van der Waals surface area contributed by atoms with Crippen molar-refractivity contribution in [2.75, 3.05) is 19.6 Å². The number of hydrogen-bond donors (Lipinski definition) is 2. The van der Waals surface area contributed by atoms with Gasteiger partial charge in [-0.3, -0.25) is 4.79 Å². The second kappa shape index (κ2) is 7.89. The van der Waals surface area contributed by atoms with E-state index in [0.29, 0.717) is 11.8 Å². The summed E-state index contributed by atoms with van der Waals surface area (Å²) in [5.41, 5.74) is 2.59. The lowest BCUT2D eigenvalue weighted by atomic mass is 10.0. The molecule has 0 unspecified atom stereocenters. The highest BCUT2D eigenvalue weighted by atomic mass is 35.5. The van der Waals surface area contributed by atoms with Gasteiger partial charge in [-0.05, 0) is 32.8 Å². The maximum atomic E-state index is 12.7. The number of hydrogen-bond acceptors (Lipinski definition) is 4. The molecule has 2 aliphatic rings. The second-order valence-electron chi connectivity index (χ2n) is 7.02. The number of amides is 1. The monoisotopic (exact) mass is 385 g/mol. The highest BCUT2D eigenvalue weighted by Gasteiger charge is 2.28. The van der Waals surface area contributed by atoms with Crippen LogP contribution in [0.5, 0.6) is 0 Å². The van der Waals surface area contributed by atoms with Crippen molar-refractivity contribution in [3.63, 3.8) is 0 Å². The first-order chi connectivity index (χ1) is 11.1. The van der Waals surface area contributed by atoms with Crippen molar-refractivity contribution in [3.05, 3.63) is 23.5 Å². The highest BCUT2D eigenvalue weighted by molar-refractivity contribution is 6.05. The van der Waals surface area contributed by atoms with Gasteiger partial charge in [0.05, 0.1) is 17.1 Å². The summed E-state index contributed by atoms with van der Waals surface area (Å²) in [6.07, 6.45) is 4.12. The molecule has 2 aromatic heterocycles. The Morgan fingerprint density at radius 3 is 2.64 bits per heavy atom. The van der Waals surface area contributed by atoms with E-state index >= 15 is 0 Å². The van der Waals surface area contributed by atoms with Crippen LogP contribution in [-0.4, -0.2) is 40.3 Å². The second-order valence-corrected chi connectivity index (χ2v) is 7.02. The van der Waals surface area contributed by atoms with E-state index < -0.39 is 0 Å². The van der Waals surface area contributed by atoms with Crippen LogP contribution in [0, 0.1) is 5.92 Å². The van der Waals surface area contributed by atoms with Crippen LogP contribution in [-0.2, 0) is 0 Å². The van der Waals surface area contributed by atoms with Crippen LogP contribution >= 0.6 is 24.8 Å². The molecule has 0 aromatic carbocycles. The van der Waals surface area contributed by atoms with Crippen LogP contribution in [0.4, 0.5) is 0 Å². The van der Waals surface area contributed by atoms with E-state index in [1.54, 1.807) is 6.20 Å². The molecule has 8 heteroatoms. The van der Waals surface area contributed by atoms with Gasteiger partial charge in [-0.2, -0.15) is 5.10 Å². The van der Waals surface area contributed by atoms with Crippen molar-refractivity contribution in [3.8, 4) is 0 Å². The zero-order valence-corrected chi connectivity index (χ0v) is 16.1. The molecule has 0 spiro atoms. The summed E-state index contributed by atoms with van der Waals surface area (Å²) in [7, 11) is 0. The number of nitrogens with zero attached hydrogens (tertiary/aromatic N) is 3. The third-order valence-electron chi connectivity index (χ3n) is 4.73. The number of carbonyl (C=O) groups is 1.